The minimum absolute atomic E-state index is 0.681. The standard InChI is InChI=1S/C12H15Cl/c1-6-10(5)12(9(3)4)8-11(13)7-2/h6-8H,1,3,5H2,2,4H3/b11-7+,12-8+. The summed E-state index contributed by atoms with van der Waals surface area (Å²) in [6.45, 7) is 15.1. The van der Waals surface area contributed by atoms with Crippen LogP contribution in [0.2, 0.25) is 0 Å². The molecular weight excluding hydrogens is 180 g/mol. The summed E-state index contributed by atoms with van der Waals surface area (Å²) < 4.78 is 0. The van der Waals surface area contributed by atoms with Gasteiger partial charge < -0.3 is 0 Å². The second kappa shape index (κ2) is 5.60. The van der Waals surface area contributed by atoms with Crippen molar-refractivity contribution in [2.75, 3.05) is 0 Å². The van der Waals surface area contributed by atoms with Gasteiger partial charge in [0.1, 0.15) is 0 Å². The van der Waals surface area contributed by atoms with Crippen LogP contribution >= 0.6 is 11.6 Å². The van der Waals surface area contributed by atoms with Crippen LogP contribution in [0, 0.1) is 0 Å². The number of hydrogen-bond donors (Lipinski definition) is 0. The zero-order valence-electron chi connectivity index (χ0n) is 8.23. The predicted molar refractivity (Wildman–Crippen MR) is 61.8 cm³/mol. The average molecular weight is 195 g/mol. The maximum Gasteiger partial charge on any atom is 0.0369 e. The van der Waals surface area contributed by atoms with E-state index in [1.165, 1.54) is 0 Å². The smallest absolute Gasteiger partial charge is 0.0369 e. The van der Waals surface area contributed by atoms with Gasteiger partial charge in [0.2, 0.25) is 0 Å². The maximum atomic E-state index is 5.87. The lowest BCUT2D eigenvalue weighted by molar-refractivity contribution is 1.40. The molecule has 0 N–H and O–H groups in total. The third-order valence-electron chi connectivity index (χ3n) is 1.61. The van der Waals surface area contributed by atoms with Crippen molar-refractivity contribution >= 4 is 11.6 Å². The highest BCUT2D eigenvalue weighted by atomic mass is 35.5. The molecule has 0 spiro atoms. The van der Waals surface area contributed by atoms with Gasteiger partial charge in [0.05, 0.1) is 0 Å². The van der Waals surface area contributed by atoms with E-state index < -0.39 is 0 Å². The first kappa shape index (κ1) is 12.0. The molecule has 0 nitrogen and oxygen atoms in total. The number of halogens is 1. The van der Waals surface area contributed by atoms with Crippen molar-refractivity contribution in [2.45, 2.75) is 13.8 Å². The van der Waals surface area contributed by atoms with Gasteiger partial charge in [0, 0.05) is 5.03 Å². The van der Waals surface area contributed by atoms with E-state index in [4.69, 9.17) is 11.6 Å². The Bertz CT molecular complexity index is 290. The van der Waals surface area contributed by atoms with Crippen LogP contribution in [0.3, 0.4) is 0 Å². The number of allylic oxidation sites excluding steroid dienone is 7. The zero-order valence-corrected chi connectivity index (χ0v) is 8.99. The van der Waals surface area contributed by atoms with Gasteiger partial charge in [-0.25, -0.2) is 0 Å². The SMILES string of the molecule is C=CC(=C)/C(=C/C(Cl)=C\C)C(=C)C. The highest BCUT2D eigenvalue weighted by Crippen LogP contribution is 2.20. The Balaban J connectivity index is 5.03. The maximum absolute atomic E-state index is 5.87. The van der Waals surface area contributed by atoms with Gasteiger partial charge in [-0.1, -0.05) is 49.1 Å². The van der Waals surface area contributed by atoms with Crippen molar-refractivity contribution in [3.8, 4) is 0 Å². The summed E-state index contributed by atoms with van der Waals surface area (Å²) in [4.78, 5) is 0. The van der Waals surface area contributed by atoms with Gasteiger partial charge in [0.25, 0.3) is 0 Å². The van der Waals surface area contributed by atoms with Crippen LogP contribution in [0.25, 0.3) is 0 Å². The van der Waals surface area contributed by atoms with Crippen molar-refractivity contribution in [3.05, 3.63) is 59.7 Å². The fraction of sp³-hybridized carbons (Fsp3) is 0.167. The third-order valence-corrected chi connectivity index (χ3v) is 1.94. The van der Waals surface area contributed by atoms with Gasteiger partial charge in [-0.3, -0.25) is 0 Å². The molecule has 0 atom stereocenters. The van der Waals surface area contributed by atoms with Crippen molar-refractivity contribution in [1.29, 1.82) is 0 Å². The lowest BCUT2D eigenvalue weighted by atomic mass is 10.0. The van der Waals surface area contributed by atoms with Crippen molar-refractivity contribution in [2.24, 2.45) is 0 Å². The highest BCUT2D eigenvalue weighted by Gasteiger charge is 2.00. The summed E-state index contributed by atoms with van der Waals surface area (Å²) in [5.41, 5.74) is 2.72. The zero-order chi connectivity index (χ0) is 10.4. The quantitative estimate of drug-likeness (QED) is 0.583. The number of hydrogen-bond acceptors (Lipinski definition) is 0. The average Bonchev–Trinajstić information content (AvgIpc) is 2.11. The summed E-state index contributed by atoms with van der Waals surface area (Å²) >= 11 is 5.87. The van der Waals surface area contributed by atoms with E-state index in [0.29, 0.717) is 5.03 Å². The second-order valence-electron chi connectivity index (χ2n) is 2.74. The molecular formula is C12H15Cl. The van der Waals surface area contributed by atoms with E-state index >= 15 is 0 Å². The summed E-state index contributed by atoms with van der Waals surface area (Å²) in [6.07, 6.45) is 5.36. The largest absolute Gasteiger partial charge is 0.0985 e. The molecule has 0 rings (SSSR count). The van der Waals surface area contributed by atoms with Crippen LogP contribution in [0.5, 0.6) is 0 Å². The summed E-state index contributed by atoms with van der Waals surface area (Å²) in [6, 6.07) is 0. The normalized spacial score (nSPS) is 12.5. The van der Waals surface area contributed by atoms with Gasteiger partial charge in [-0.15, -0.1) is 0 Å². The van der Waals surface area contributed by atoms with E-state index in [1.54, 1.807) is 6.08 Å². The Morgan fingerprint density at radius 3 is 2.15 bits per heavy atom. The molecule has 1 heteroatoms. The van der Waals surface area contributed by atoms with Crippen molar-refractivity contribution in [3.63, 3.8) is 0 Å². The van der Waals surface area contributed by atoms with Crippen LogP contribution in [0.4, 0.5) is 0 Å². The van der Waals surface area contributed by atoms with Crippen LogP contribution in [-0.4, -0.2) is 0 Å². The highest BCUT2D eigenvalue weighted by molar-refractivity contribution is 6.31. The van der Waals surface area contributed by atoms with Crippen molar-refractivity contribution in [1.82, 2.24) is 0 Å². The van der Waals surface area contributed by atoms with Gasteiger partial charge >= 0.3 is 0 Å². The fourth-order valence-electron chi connectivity index (χ4n) is 0.821. The molecule has 0 aliphatic carbocycles. The molecule has 0 aromatic rings. The molecule has 0 bridgehead atoms. The Morgan fingerprint density at radius 2 is 1.85 bits per heavy atom. The van der Waals surface area contributed by atoms with Crippen LogP contribution < -0.4 is 0 Å². The molecule has 0 unspecified atom stereocenters. The molecule has 0 heterocycles. The molecule has 0 aromatic heterocycles. The second-order valence-corrected chi connectivity index (χ2v) is 3.18. The Kier molecular flexibility index (Phi) is 5.17. The Hall–Kier alpha value is -1.01. The molecule has 0 amide bonds. The van der Waals surface area contributed by atoms with E-state index in [2.05, 4.69) is 19.7 Å². The molecule has 13 heavy (non-hydrogen) atoms. The molecule has 70 valence electrons. The van der Waals surface area contributed by atoms with Gasteiger partial charge in [0.15, 0.2) is 0 Å². The molecule has 0 aromatic carbocycles. The molecule has 0 aliphatic heterocycles. The van der Waals surface area contributed by atoms with Gasteiger partial charge in [-0.05, 0) is 31.1 Å². The summed E-state index contributed by atoms with van der Waals surface area (Å²) in [5.74, 6) is 0. The molecule has 0 saturated carbocycles. The molecule has 0 fully saturated rings. The first-order valence-electron chi connectivity index (χ1n) is 4.04. The monoisotopic (exact) mass is 194 g/mol. The lowest BCUT2D eigenvalue weighted by Crippen LogP contribution is -1.86. The Morgan fingerprint density at radius 1 is 1.31 bits per heavy atom. The van der Waals surface area contributed by atoms with Crippen LogP contribution in [0.15, 0.2) is 59.7 Å². The fourth-order valence-corrected chi connectivity index (χ4v) is 0.930. The van der Waals surface area contributed by atoms with E-state index in [-0.39, 0.29) is 0 Å². The first-order valence-corrected chi connectivity index (χ1v) is 4.41. The topological polar surface area (TPSA) is 0 Å². The summed E-state index contributed by atoms with van der Waals surface area (Å²) in [7, 11) is 0. The minimum atomic E-state index is 0.681. The molecule has 0 saturated heterocycles. The predicted octanol–water partition coefficient (Wildman–Crippen LogP) is 4.37. The minimum Gasteiger partial charge on any atom is -0.0985 e. The Labute approximate surface area is 85.6 Å². The third kappa shape index (κ3) is 3.95. The van der Waals surface area contributed by atoms with E-state index in [9.17, 15) is 0 Å². The van der Waals surface area contributed by atoms with E-state index in [0.717, 1.165) is 16.7 Å². The molecule has 0 radical (unpaired) electrons. The number of rotatable bonds is 4. The van der Waals surface area contributed by atoms with Crippen molar-refractivity contribution < 1.29 is 0 Å². The van der Waals surface area contributed by atoms with Crippen LogP contribution in [0.1, 0.15) is 13.8 Å². The first-order chi connectivity index (χ1) is 6.02. The molecule has 0 aliphatic rings. The van der Waals surface area contributed by atoms with E-state index in [1.807, 2.05) is 26.0 Å². The lowest BCUT2D eigenvalue weighted by Gasteiger charge is -2.05. The summed E-state index contributed by atoms with van der Waals surface area (Å²) in [5, 5.41) is 0.681. The van der Waals surface area contributed by atoms with Crippen LogP contribution in [-0.2, 0) is 0 Å². The van der Waals surface area contributed by atoms with Gasteiger partial charge in [-0.2, -0.15) is 0 Å².